The Bertz CT molecular complexity index is 277. The van der Waals surface area contributed by atoms with Gasteiger partial charge in [0.1, 0.15) is 0 Å². The molecule has 4 atom stereocenters. The Kier molecular flexibility index (Phi) is 5.46. The van der Waals surface area contributed by atoms with Crippen LogP contribution in [0.3, 0.4) is 0 Å². The highest BCUT2D eigenvalue weighted by molar-refractivity contribution is 5.11. The van der Waals surface area contributed by atoms with Gasteiger partial charge in [-0.25, -0.2) is 0 Å². The topological polar surface area (TPSA) is 20.2 Å². The second-order valence-electron chi connectivity index (χ2n) is 6.83. The third-order valence-electron chi connectivity index (χ3n) is 5.47. The van der Waals surface area contributed by atoms with E-state index in [-0.39, 0.29) is 6.10 Å². The summed E-state index contributed by atoms with van der Waals surface area (Å²) in [5.41, 5.74) is 1.77. The molecule has 2 unspecified atom stereocenters. The second kappa shape index (κ2) is 6.23. The van der Waals surface area contributed by atoms with Crippen LogP contribution in [-0.2, 0) is 0 Å². The lowest BCUT2D eigenvalue weighted by Crippen LogP contribution is -2.27. The fourth-order valence-corrected chi connectivity index (χ4v) is 3.99. The normalized spacial score (nSPS) is 30.1. The van der Waals surface area contributed by atoms with Crippen molar-refractivity contribution < 1.29 is 5.11 Å². The van der Waals surface area contributed by atoms with Crippen molar-refractivity contribution in [1.29, 1.82) is 0 Å². The first-order chi connectivity index (χ1) is 8.34. The molecule has 1 N–H and O–H groups in total. The summed E-state index contributed by atoms with van der Waals surface area (Å²) < 4.78 is 0. The van der Waals surface area contributed by atoms with Crippen LogP contribution in [0.25, 0.3) is 0 Å². The van der Waals surface area contributed by atoms with E-state index in [9.17, 15) is 5.11 Å². The van der Waals surface area contributed by atoms with E-state index in [1.165, 1.54) is 24.8 Å². The quantitative estimate of drug-likeness (QED) is 0.673. The SMILES string of the molecule is C=C(CC(CC)C(C)O)[C@H]1CC[C@@H](CC)C1(C)C. The maximum absolute atomic E-state index is 9.79. The van der Waals surface area contributed by atoms with Gasteiger partial charge in [-0.3, -0.25) is 0 Å². The molecule has 0 aromatic rings. The van der Waals surface area contributed by atoms with Crippen LogP contribution < -0.4 is 0 Å². The van der Waals surface area contributed by atoms with Gasteiger partial charge in [0, 0.05) is 0 Å². The van der Waals surface area contributed by atoms with Crippen LogP contribution in [0, 0.1) is 23.2 Å². The van der Waals surface area contributed by atoms with Crippen molar-refractivity contribution in [2.24, 2.45) is 23.2 Å². The molecule has 1 nitrogen and oxygen atoms in total. The molecule has 0 saturated heterocycles. The standard InChI is InChI=1S/C17H32O/c1-7-14(13(4)18)11-12(3)16-10-9-15(8-2)17(16,5)6/h13-16,18H,3,7-11H2,1-2,4-6H3/t13?,14?,15-,16-/m1/s1. The number of rotatable bonds is 6. The first-order valence-electron chi connectivity index (χ1n) is 7.70. The zero-order chi connectivity index (χ0) is 13.9. The molecule has 0 bridgehead atoms. The van der Waals surface area contributed by atoms with Gasteiger partial charge >= 0.3 is 0 Å². The molecule has 106 valence electrons. The zero-order valence-electron chi connectivity index (χ0n) is 13.0. The largest absolute Gasteiger partial charge is 0.393 e. The van der Waals surface area contributed by atoms with Crippen LogP contribution in [0.1, 0.15) is 66.7 Å². The molecule has 0 radical (unpaired) electrons. The molecule has 18 heavy (non-hydrogen) atoms. The fourth-order valence-electron chi connectivity index (χ4n) is 3.99. The second-order valence-corrected chi connectivity index (χ2v) is 6.83. The molecule has 1 saturated carbocycles. The molecule has 0 aromatic carbocycles. The third-order valence-corrected chi connectivity index (χ3v) is 5.47. The summed E-state index contributed by atoms with van der Waals surface area (Å²) in [5, 5.41) is 9.79. The van der Waals surface area contributed by atoms with Gasteiger partial charge in [-0.15, -0.1) is 0 Å². The van der Waals surface area contributed by atoms with Gasteiger partial charge in [-0.05, 0) is 49.4 Å². The zero-order valence-corrected chi connectivity index (χ0v) is 13.0. The highest BCUT2D eigenvalue weighted by Crippen LogP contribution is 2.52. The van der Waals surface area contributed by atoms with E-state index in [2.05, 4.69) is 34.3 Å². The lowest BCUT2D eigenvalue weighted by molar-refractivity contribution is 0.117. The Morgan fingerprint density at radius 2 is 1.94 bits per heavy atom. The predicted molar refractivity (Wildman–Crippen MR) is 79.5 cm³/mol. The lowest BCUT2D eigenvalue weighted by Gasteiger charge is -2.35. The Labute approximate surface area is 114 Å². The van der Waals surface area contributed by atoms with Crippen LogP contribution in [0.2, 0.25) is 0 Å². The third kappa shape index (κ3) is 3.17. The van der Waals surface area contributed by atoms with Gasteiger partial charge in [0.05, 0.1) is 6.10 Å². The van der Waals surface area contributed by atoms with E-state index >= 15 is 0 Å². The first-order valence-corrected chi connectivity index (χ1v) is 7.70. The first kappa shape index (κ1) is 15.8. The predicted octanol–water partition coefficient (Wildman–Crippen LogP) is 4.80. The average molecular weight is 252 g/mol. The molecule has 0 aliphatic heterocycles. The van der Waals surface area contributed by atoms with Gasteiger partial charge in [0.15, 0.2) is 0 Å². The summed E-state index contributed by atoms with van der Waals surface area (Å²) in [6.45, 7) is 15.6. The maximum Gasteiger partial charge on any atom is 0.0543 e. The summed E-state index contributed by atoms with van der Waals surface area (Å²) >= 11 is 0. The number of aliphatic hydroxyl groups is 1. The molecule has 0 aromatic heterocycles. The van der Waals surface area contributed by atoms with E-state index in [0.717, 1.165) is 18.8 Å². The van der Waals surface area contributed by atoms with Crippen LogP contribution in [0.5, 0.6) is 0 Å². The Morgan fingerprint density at radius 3 is 2.33 bits per heavy atom. The fraction of sp³-hybridized carbons (Fsp3) is 0.882. The summed E-state index contributed by atoms with van der Waals surface area (Å²) in [5.74, 6) is 1.87. The highest BCUT2D eigenvalue weighted by Gasteiger charge is 2.43. The van der Waals surface area contributed by atoms with Gasteiger partial charge in [-0.1, -0.05) is 52.7 Å². The lowest BCUT2D eigenvalue weighted by atomic mass is 9.70. The Balaban J connectivity index is 2.68. The summed E-state index contributed by atoms with van der Waals surface area (Å²) in [6.07, 6.45) is 5.75. The molecule has 0 spiro atoms. The Hall–Kier alpha value is -0.300. The minimum absolute atomic E-state index is 0.210. The Morgan fingerprint density at radius 1 is 1.33 bits per heavy atom. The van der Waals surface area contributed by atoms with Crippen LogP contribution in [0.4, 0.5) is 0 Å². The smallest absolute Gasteiger partial charge is 0.0543 e. The molecule has 1 rings (SSSR count). The molecule has 1 aliphatic carbocycles. The van der Waals surface area contributed by atoms with Gasteiger partial charge in [0.2, 0.25) is 0 Å². The van der Waals surface area contributed by atoms with Gasteiger partial charge in [-0.2, -0.15) is 0 Å². The van der Waals surface area contributed by atoms with Crippen LogP contribution >= 0.6 is 0 Å². The van der Waals surface area contributed by atoms with Crippen molar-refractivity contribution >= 4 is 0 Å². The van der Waals surface area contributed by atoms with Gasteiger partial charge < -0.3 is 5.11 Å². The molecule has 1 aliphatic rings. The molecule has 0 amide bonds. The molecule has 0 heterocycles. The molecule has 1 fully saturated rings. The minimum Gasteiger partial charge on any atom is -0.393 e. The maximum atomic E-state index is 9.79. The number of hydrogen-bond acceptors (Lipinski definition) is 1. The molecular weight excluding hydrogens is 220 g/mol. The monoisotopic (exact) mass is 252 g/mol. The number of hydrogen-bond donors (Lipinski definition) is 1. The van der Waals surface area contributed by atoms with E-state index in [4.69, 9.17) is 0 Å². The van der Waals surface area contributed by atoms with Crippen molar-refractivity contribution in [3.63, 3.8) is 0 Å². The molecular formula is C17H32O. The van der Waals surface area contributed by atoms with Crippen molar-refractivity contribution in [2.75, 3.05) is 0 Å². The van der Waals surface area contributed by atoms with Crippen LogP contribution in [-0.4, -0.2) is 11.2 Å². The van der Waals surface area contributed by atoms with Gasteiger partial charge in [0.25, 0.3) is 0 Å². The van der Waals surface area contributed by atoms with Crippen molar-refractivity contribution in [3.05, 3.63) is 12.2 Å². The van der Waals surface area contributed by atoms with Crippen molar-refractivity contribution in [3.8, 4) is 0 Å². The number of allylic oxidation sites excluding steroid dienone is 1. The van der Waals surface area contributed by atoms with Crippen molar-refractivity contribution in [1.82, 2.24) is 0 Å². The van der Waals surface area contributed by atoms with E-state index in [1.807, 2.05) is 6.92 Å². The number of aliphatic hydroxyl groups excluding tert-OH is 1. The average Bonchev–Trinajstić information content (AvgIpc) is 2.59. The minimum atomic E-state index is -0.210. The van der Waals surface area contributed by atoms with Crippen LogP contribution in [0.15, 0.2) is 12.2 Å². The van der Waals surface area contributed by atoms with Crippen molar-refractivity contribution in [2.45, 2.75) is 72.8 Å². The molecule has 1 heteroatoms. The van der Waals surface area contributed by atoms with E-state index in [0.29, 0.717) is 17.3 Å². The highest BCUT2D eigenvalue weighted by atomic mass is 16.3. The summed E-state index contributed by atoms with van der Waals surface area (Å²) in [7, 11) is 0. The summed E-state index contributed by atoms with van der Waals surface area (Å²) in [4.78, 5) is 0. The van der Waals surface area contributed by atoms with E-state index in [1.54, 1.807) is 0 Å². The summed E-state index contributed by atoms with van der Waals surface area (Å²) in [6, 6.07) is 0. The van der Waals surface area contributed by atoms with E-state index < -0.39 is 0 Å².